The lowest BCUT2D eigenvalue weighted by Gasteiger charge is -2.29. The zero-order chi connectivity index (χ0) is 23.9. The standard InChI is InChI=1S/C23H24N4O6S/c1-14-10-17-19(11-20(14)34(29,30)26-16-8-3-4-9-18(16)31-2)32-13-22(28)27(17)12-21-24-23(33-25-21)15-6-5-7-15/h3-4,8-11,15,26H,5-7,12-13H2,1-2H3. The summed E-state index contributed by atoms with van der Waals surface area (Å²) in [5, 5.41) is 4.02. The molecule has 0 unspecified atom stereocenters. The summed E-state index contributed by atoms with van der Waals surface area (Å²) in [6.45, 7) is 1.55. The first-order valence-electron chi connectivity index (χ1n) is 10.9. The number of fused-ring (bicyclic) bond motifs is 1. The third-order valence-electron chi connectivity index (χ3n) is 6.08. The number of benzene rings is 2. The van der Waals surface area contributed by atoms with E-state index in [4.69, 9.17) is 14.0 Å². The molecule has 0 spiro atoms. The van der Waals surface area contributed by atoms with Crippen LogP contribution in [0.5, 0.6) is 11.5 Å². The van der Waals surface area contributed by atoms with Crippen molar-refractivity contribution in [3.8, 4) is 11.5 Å². The fourth-order valence-electron chi connectivity index (χ4n) is 4.02. The van der Waals surface area contributed by atoms with Gasteiger partial charge in [-0.25, -0.2) is 8.42 Å². The molecule has 34 heavy (non-hydrogen) atoms. The van der Waals surface area contributed by atoms with Crippen LogP contribution in [-0.4, -0.2) is 38.2 Å². The van der Waals surface area contributed by atoms with E-state index in [1.54, 1.807) is 37.3 Å². The number of carbonyl (C=O) groups is 1. The topological polar surface area (TPSA) is 124 Å². The number of para-hydroxylation sites is 2. The molecule has 0 bridgehead atoms. The van der Waals surface area contributed by atoms with Crippen LogP contribution in [0.15, 0.2) is 45.8 Å². The van der Waals surface area contributed by atoms with Crippen molar-refractivity contribution in [3.05, 3.63) is 53.7 Å². The highest BCUT2D eigenvalue weighted by Crippen LogP contribution is 2.39. The lowest BCUT2D eigenvalue weighted by Crippen LogP contribution is -2.38. The van der Waals surface area contributed by atoms with Crippen LogP contribution >= 0.6 is 0 Å². The normalized spacial score (nSPS) is 15.9. The predicted molar refractivity (Wildman–Crippen MR) is 123 cm³/mol. The summed E-state index contributed by atoms with van der Waals surface area (Å²) in [5.41, 5.74) is 1.23. The van der Waals surface area contributed by atoms with Gasteiger partial charge in [0.25, 0.3) is 15.9 Å². The van der Waals surface area contributed by atoms with Gasteiger partial charge in [-0.15, -0.1) is 0 Å². The Kier molecular flexibility index (Phi) is 5.64. The van der Waals surface area contributed by atoms with Crippen molar-refractivity contribution in [2.24, 2.45) is 0 Å². The summed E-state index contributed by atoms with van der Waals surface area (Å²) in [4.78, 5) is 18.6. The van der Waals surface area contributed by atoms with Crippen molar-refractivity contribution in [1.29, 1.82) is 0 Å². The van der Waals surface area contributed by atoms with E-state index in [9.17, 15) is 13.2 Å². The molecule has 0 radical (unpaired) electrons. The molecular formula is C23H24N4O6S. The monoisotopic (exact) mass is 484 g/mol. The lowest BCUT2D eigenvalue weighted by atomic mass is 9.85. The molecule has 11 heteroatoms. The fourth-order valence-corrected chi connectivity index (χ4v) is 5.33. The van der Waals surface area contributed by atoms with Crippen LogP contribution in [0.3, 0.4) is 0 Å². The number of rotatable bonds is 7. The number of carbonyl (C=O) groups excluding carboxylic acids is 1. The summed E-state index contributed by atoms with van der Waals surface area (Å²) in [7, 11) is -2.49. The molecule has 1 aliphatic heterocycles. The van der Waals surface area contributed by atoms with E-state index in [0.717, 1.165) is 19.3 Å². The summed E-state index contributed by atoms with van der Waals surface area (Å²) >= 11 is 0. The van der Waals surface area contributed by atoms with Gasteiger partial charge in [-0.1, -0.05) is 23.7 Å². The zero-order valence-electron chi connectivity index (χ0n) is 18.8. The maximum absolute atomic E-state index is 13.2. The number of nitrogens with zero attached hydrogens (tertiary/aromatic N) is 3. The minimum atomic E-state index is -3.96. The number of aryl methyl sites for hydroxylation is 1. The Morgan fingerprint density at radius 2 is 2.03 bits per heavy atom. The van der Waals surface area contributed by atoms with Crippen LogP contribution in [0.2, 0.25) is 0 Å². The molecule has 5 rings (SSSR count). The predicted octanol–water partition coefficient (Wildman–Crippen LogP) is 3.38. The minimum Gasteiger partial charge on any atom is -0.495 e. The maximum Gasteiger partial charge on any atom is 0.265 e. The molecule has 2 aliphatic rings. The average Bonchev–Trinajstić information content (AvgIpc) is 3.22. The van der Waals surface area contributed by atoms with E-state index < -0.39 is 10.0 Å². The van der Waals surface area contributed by atoms with E-state index in [2.05, 4.69) is 14.9 Å². The van der Waals surface area contributed by atoms with Crippen LogP contribution < -0.4 is 19.1 Å². The number of anilines is 2. The van der Waals surface area contributed by atoms with E-state index in [1.807, 2.05) is 0 Å². The molecule has 0 atom stereocenters. The van der Waals surface area contributed by atoms with Gasteiger partial charge in [0.1, 0.15) is 11.5 Å². The summed E-state index contributed by atoms with van der Waals surface area (Å²) in [5.74, 6) is 1.70. The Hall–Kier alpha value is -3.60. The number of methoxy groups -OCH3 is 1. The van der Waals surface area contributed by atoms with Gasteiger partial charge in [0, 0.05) is 12.0 Å². The van der Waals surface area contributed by atoms with Crippen molar-refractivity contribution >= 4 is 27.3 Å². The lowest BCUT2D eigenvalue weighted by molar-refractivity contribution is -0.121. The minimum absolute atomic E-state index is 0.0401. The van der Waals surface area contributed by atoms with Crippen molar-refractivity contribution < 1.29 is 27.2 Å². The molecule has 2 heterocycles. The highest BCUT2D eigenvalue weighted by molar-refractivity contribution is 7.92. The molecule has 1 aromatic heterocycles. The molecule has 178 valence electrons. The van der Waals surface area contributed by atoms with Crippen molar-refractivity contribution in [2.75, 3.05) is 23.3 Å². The molecule has 3 aromatic rings. The number of sulfonamides is 1. The van der Waals surface area contributed by atoms with Crippen molar-refractivity contribution in [3.63, 3.8) is 0 Å². The molecule has 1 saturated carbocycles. The van der Waals surface area contributed by atoms with Crippen LogP contribution in [0, 0.1) is 6.92 Å². The highest BCUT2D eigenvalue weighted by atomic mass is 32.2. The van der Waals surface area contributed by atoms with Gasteiger partial charge in [-0.2, -0.15) is 4.98 Å². The summed E-state index contributed by atoms with van der Waals surface area (Å²) < 4.78 is 45.1. The second kappa shape index (κ2) is 8.64. The Morgan fingerprint density at radius 3 is 2.76 bits per heavy atom. The first-order chi connectivity index (χ1) is 16.4. The van der Waals surface area contributed by atoms with Gasteiger partial charge in [-0.3, -0.25) is 14.4 Å². The molecule has 1 fully saturated rings. The Labute approximate surface area is 196 Å². The van der Waals surface area contributed by atoms with Gasteiger partial charge in [0.05, 0.1) is 29.9 Å². The van der Waals surface area contributed by atoms with Gasteiger partial charge in [0.15, 0.2) is 12.4 Å². The van der Waals surface area contributed by atoms with Crippen LogP contribution in [0.25, 0.3) is 0 Å². The quantitative estimate of drug-likeness (QED) is 0.541. The van der Waals surface area contributed by atoms with Crippen LogP contribution in [0.1, 0.15) is 42.5 Å². The Morgan fingerprint density at radius 1 is 1.24 bits per heavy atom. The number of hydrogen-bond donors (Lipinski definition) is 1. The van der Waals surface area contributed by atoms with Gasteiger partial charge >= 0.3 is 0 Å². The van der Waals surface area contributed by atoms with Gasteiger partial charge in [0.2, 0.25) is 5.89 Å². The third-order valence-corrected chi connectivity index (χ3v) is 7.59. The number of nitrogens with one attached hydrogen (secondary N) is 1. The Bertz CT molecular complexity index is 1350. The number of amides is 1. The third kappa shape index (κ3) is 4.07. The molecule has 2 aromatic carbocycles. The average molecular weight is 485 g/mol. The molecule has 0 saturated heterocycles. The van der Waals surface area contributed by atoms with Gasteiger partial charge < -0.3 is 14.0 Å². The second-order valence-corrected chi connectivity index (χ2v) is 9.99. The van der Waals surface area contributed by atoms with Crippen molar-refractivity contribution in [1.82, 2.24) is 10.1 Å². The summed E-state index contributed by atoms with van der Waals surface area (Å²) in [6.07, 6.45) is 3.20. The first-order valence-corrected chi connectivity index (χ1v) is 12.4. The molecule has 1 N–H and O–H groups in total. The maximum atomic E-state index is 13.2. The SMILES string of the molecule is COc1ccccc1NS(=O)(=O)c1cc2c(cc1C)N(Cc1noc(C3CCC3)n1)C(=O)CO2. The van der Waals surface area contributed by atoms with E-state index >= 15 is 0 Å². The largest absolute Gasteiger partial charge is 0.495 e. The van der Waals surface area contributed by atoms with Crippen LogP contribution in [0.4, 0.5) is 11.4 Å². The highest BCUT2D eigenvalue weighted by Gasteiger charge is 2.31. The van der Waals surface area contributed by atoms with E-state index in [1.165, 1.54) is 18.1 Å². The number of ether oxygens (including phenoxy) is 2. The van der Waals surface area contributed by atoms with Crippen molar-refractivity contribution in [2.45, 2.75) is 43.5 Å². The molecular weight excluding hydrogens is 460 g/mol. The van der Waals surface area contributed by atoms with E-state index in [-0.39, 0.29) is 29.7 Å². The second-order valence-electron chi connectivity index (χ2n) is 8.34. The fraction of sp³-hybridized carbons (Fsp3) is 0.348. The molecule has 1 aliphatic carbocycles. The molecule has 10 nitrogen and oxygen atoms in total. The summed E-state index contributed by atoms with van der Waals surface area (Å²) in [6, 6.07) is 9.79. The number of aromatic nitrogens is 2. The zero-order valence-corrected chi connectivity index (χ0v) is 19.6. The van der Waals surface area contributed by atoms with E-state index in [0.29, 0.717) is 40.3 Å². The van der Waals surface area contributed by atoms with Gasteiger partial charge in [-0.05, 0) is 43.5 Å². The first kappa shape index (κ1) is 22.2. The number of hydrogen-bond acceptors (Lipinski definition) is 8. The van der Waals surface area contributed by atoms with Crippen LogP contribution in [-0.2, 0) is 21.4 Å². The smallest absolute Gasteiger partial charge is 0.265 e. The Balaban J connectivity index is 1.44. The molecule has 1 amide bonds.